The highest BCUT2D eigenvalue weighted by Crippen LogP contribution is 2.58. The first kappa shape index (κ1) is 13.6. The Hall–Kier alpha value is -1.87. The quantitative estimate of drug-likeness (QED) is 0.844. The maximum Gasteiger partial charge on any atom is 0.232 e. The SMILES string of the molecule is COC1[C@@H]2[C@@H]3CC[C@@H](C3)[C@@H]2C(=O)N1c1cccc2ccccc12. The molecule has 2 bridgehead atoms. The number of nitrogens with zero attached hydrogens (tertiary/aromatic N) is 1. The molecule has 1 amide bonds. The Morgan fingerprint density at radius 2 is 1.83 bits per heavy atom. The predicted octanol–water partition coefficient (Wildman–Crippen LogP) is 3.82. The summed E-state index contributed by atoms with van der Waals surface area (Å²) in [5.74, 6) is 2.09. The molecule has 3 nitrogen and oxygen atoms in total. The summed E-state index contributed by atoms with van der Waals surface area (Å²) in [4.78, 5) is 15.2. The zero-order valence-electron chi connectivity index (χ0n) is 13.3. The van der Waals surface area contributed by atoms with Crippen molar-refractivity contribution in [3.8, 4) is 0 Å². The highest BCUT2D eigenvalue weighted by Gasteiger charge is 2.61. The van der Waals surface area contributed by atoms with E-state index in [4.69, 9.17) is 4.74 Å². The summed E-state index contributed by atoms with van der Waals surface area (Å²) in [6, 6.07) is 14.5. The summed E-state index contributed by atoms with van der Waals surface area (Å²) in [5, 5.41) is 2.31. The monoisotopic (exact) mass is 307 g/mol. The second-order valence-electron chi connectivity index (χ2n) is 7.27. The Bertz CT molecular complexity index is 781. The zero-order chi connectivity index (χ0) is 15.6. The summed E-state index contributed by atoms with van der Waals surface area (Å²) in [7, 11) is 1.75. The van der Waals surface area contributed by atoms with E-state index >= 15 is 0 Å². The van der Waals surface area contributed by atoms with Crippen LogP contribution in [0.25, 0.3) is 10.8 Å². The van der Waals surface area contributed by atoms with Gasteiger partial charge in [-0.2, -0.15) is 0 Å². The molecule has 1 heterocycles. The smallest absolute Gasteiger partial charge is 0.232 e. The van der Waals surface area contributed by atoms with Crippen LogP contribution >= 0.6 is 0 Å². The number of methoxy groups -OCH3 is 1. The number of amides is 1. The Labute approximate surface area is 136 Å². The van der Waals surface area contributed by atoms with Gasteiger partial charge in [0.2, 0.25) is 5.91 Å². The molecule has 5 rings (SSSR count). The van der Waals surface area contributed by atoms with Gasteiger partial charge in [-0.3, -0.25) is 9.69 Å². The molecule has 2 saturated carbocycles. The van der Waals surface area contributed by atoms with Crippen LogP contribution in [-0.4, -0.2) is 19.2 Å². The molecule has 2 aliphatic carbocycles. The zero-order valence-corrected chi connectivity index (χ0v) is 13.3. The highest BCUT2D eigenvalue weighted by atomic mass is 16.5. The third-order valence-electron chi connectivity index (χ3n) is 6.35. The molecule has 2 aromatic rings. The minimum absolute atomic E-state index is 0.103. The fraction of sp³-hybridized carbons (Fsp3) is 0.450. The maximum absolute atomic E-state index is 13.2. The number of fused-ring (bicyclic) bond motifs is 6. The summed E-state index contributed by atoms with van der Waals surface area (Å²) in [6.45, 7) is 0. The van der Waals surface area contributed by atoms with Crippen LogP contribution in [0, 0.1) is 23.7 Å². The van der Waals surface area contributed by atoms with Crippen molar-refractivity contribution in [2.24, 2.45) is 23.7 Å². The molecule has 3 fully saturated rings. The van der Waals surface area contributed by atoms with Gasteiger partial charge < -0.3 is 4.74 Å². The maximum atomic E-state index is 13.2. The van der Waals surface area contributed by atoms with Gasteiger partial charge in [-0.25, -0.2) is 0 Å². The number of ether oxygens (including phenoxy) is 1. The van der Waals surface area contributed by atoms with Crippen molar-refractivity contribution in [3.63, 3.8) is 0 Å². The van der Waals surface area contributed by atoms with Crippen molar-refractivity contribution >= 4 is 22.4 Å². The standard InChI is InChI=1S/C20H21NO2/c1-23-20-18-14-10-9-13(11-14)17(18)19(22)21(20)16-8-4-6-12-5-2-3-7-15(12)16/h2-8,13-14,17-18,20H,9-11H2,1H3/t13-,14+,17-,18+,20?/m0/s1. The number of anilines is 1. The molecule has 1 aliphatic heterocycles. The fourth-order valence-corrected chi connectivity index (χ4v) is 5.51. The third-order valence-corrected chi connectivity index (χ3v) is 6.35. The molecule has 1 unspecified atom stereocenters. The lowest BCUT2D eigenvalue weighted by Crippen LogP contribution is -2.38. The molecule has 1 saturated heterocycles. The topological polar surface area (TPSA) is 29.5 Å². The Morgan fingerprint density at radius 1 is 1.04 bits per heavy atom. The first-order chi connectivity index (χ1) is 11.3. The normalized spacial score (nSPS) is 35.3. The van der Waals surface area contributed by atoms with Gasteiger partial charge in [-0.15, -0.1) is 0 Å². The molecule has 5 atom stereocenters. The lowest BCUT2D eigenvalue weighted by Gasteiger charge is -2.30. The Morgan fingerprint density at radius 3 is 2.70 bits per heavy atom. The second kappa shape index (κ2) is 4.81. The first-order valence-electron chi connectivity index (χ1n) is 8.63. The summed E-state index contributed by atoms with van der Waals surface area (Å²) in [5.41, 5.74) is 1.01. The molecule has 118 valence electrons. The lowest BCUT2D eigenvalue weighted by atomic mass is 9.81. The van der Waals surface area contributed by atoms with E-state index in [1.807, 2.05) is 23.1 Å². The van der Waals surface area contributed by atoms with Crippen molar-refractivity contribution < 1.29 is 9.53 Å². The average Bonchev–Trinajstić information content (AvgIpc) is 3.26. The van der Waals surface area contributed by atoms with Crippen molar-refractivity contribution in [1.82, 2.24) is 0 Å². The van der Waals surface area contributed by atoms with Crippen molar-refractivity contribution in [3.05, 3.63) is 42.5 Å². The van der Waals surface area contributed by atoms with Crippen molar-refractivity contribution in [2.45, 2.75) is 25.5 Å². The van der Waals surface area contributed by atoms with Gasteiger partial charge >= 0.3 is 0 Å². The van der Waals surface area contributed by atoms with E-state index in [-0.39, 0.29) is 18.1 Å². The average molecular weight is 307 g/mol. The van der Waals surface area contributed by atoms with Crippen LogP contribution < -0.4 is 4.90 Å². The van der Waals surface area contributed by atoms with Gasteiger partial charge in [0.25, 0.3) is 0 Å². The minimum atomic E-state index is -0.103. The van der Waals surface area contributed by atoms with E-state index in [0.717, 1.165) is 11.1 Å². The summed E-state index contributed by atoms with van der Waals surface area (Å²) >= 11 is 0. The van der Waals surface area contributed by atoms with Gasteiger partial charge in [0.1, 0.15) is 6.23 Å². The molecule has 3 heteroatoms. The molecule has 0 N–H and O–H groups in total. The van der Waals surface area contributed by atoms with Crippen LogP contribution in [0.5, 0.6) is 0 Å². The van der Waals surface area contributed by atoms with Crippen LogP contribution in [0.15, 0.2) is 42.5 Å². The number of benzene rings is 2. The lowest BCUT2D eigenvalue weighted by molar-refractivity contribution is -0.122. The molecule has 3 aliphatic rings. The molecular formula is C20H21NO2. The molecule has 0 aromatic heterocycles. The van der Waals surface area contributed by atoms with Crippen LogP contribution in [-0.2, 0) is 9.53 Å². The molecule has 0 radical (unpaired) electrons. The van der Waals surface area contributed by atoms with Gasteiger partial charge in [-0.1, -0.05) is 36.4 Å². The third kappa shape index (κ3) is 1.71. The Kier molecular flexibility index (Phi) is 2.84. The first-order valence-corrected chi connectivity index (χ1v) is 8.63. The molecular weight excluding hydrogens is 286 g/mol. The van der Waals surface area contributed by atoms with E-state index in [9.17, 15) is 4.79 Å². The van der Waals surface area contributed by atoms with E-state index in [2.05, 4.69) is 24.3 Å². The molecule has 2 aromatic carbocycles. The fourth-order valence-electron chi connectivity index (χ4n) is 5.51. The largest absolute Gasteiger partial charge is 0.361 e. The predicted molar refractivity (Wildman–Crippen MR) is 90.0 cm³/mol. The summed E-state index contributed by atoms with van der Waals surface area (Å²) in [6.07, 6.45) is 3.61. The second-order valence-corrected chi connectivity index (χ2v) is 7.27. The van der Waals surface area contributed by atoms with Crippen molar-refractivity contribution in [1.29, 1.82) is 0 Å². The van der Waals surface area contributed by atoms with Crippen LogP contribution in [0.2, 0.25) is 0 Å². The van der Waals surface area contributed by atoms with Crippen LogP contribution in [0.1, 0.15) is 19.3 Å². The van der Waals surface area contributed by atoms with Gasteiger partial charge in [0.15, 0.2) is 0 Å². The van der Waals surface area contributed by atoms with E-state index < -0.39 is 0 Å². The van der Waals surface area contributed by atoms with E-state index in [0.29, 0.717) is 17.8 Å². The number of rotatable bonds is 2. The minimum Gasteiger partial charge on any atom is -0.361 e. The summed E-state index contributed by atoms with van der Waals surface area (Å²) < 4.78 is 5.87. The molecule has 0 spiro atoms. The number of hydrogen-bond donors (Lipinski definition) is 0. The van der Waals surface area contributed by atoms with E-state index in [1.54, 1.807) is 7.11 Å². The number of hydrogen-bond acceptors (Lipinski definition) is 2. The van der Waals surface area contributed by atoms with Gasteiger partial charge in [0, 0.05) is 24.3 Å². The number of carbonyl (C=O) groups is 1. The van der Waals surface area contributed by atoms with Crippen LogP contribution in [0.4, 0.5) is 5.69 Å². The van der Waals surface area contributed by atoms with E-state index in [1.165, 1.54) is 24.6 Å². The van der Waals surface area contributed by atoms with Crippen LogP contribution in [0.3, 0.4) is 0 Å². The highest BCUT2D eigenvalue weighted by molar-refractivity contribution is 6.06. The Balaban J connectivity index is 1.66. The van der Waals surface area contributed by atoms with Gasteiger partial charge in [0.05, 0.1) is 5.69 Å². The number of carbonyl (C=O) groups excluding carboxylic acids is 1. The van der Waals surface area contributed by atoms with Gasteiger partial charge in [-0.05, 0) is 42.6 Å². The van der Waals surface area contributed by atoms with Crippen molar-refractivity contribution in [2.75, 3.05) is 12.0 Å². The molecule has 23 heavy (non-hydrogen) atoms.